The van der Waals surface area contributed by atoms with Crippen molar-refractivity contribution in [2.24, 2.45) is 0 Å². The number of ether oxygens (including phenoxy) is 1. The Labute approximate surface area is 187 Å². The van der Waals surface area contributed by atoms with Gasteiger partial charge in [-0.3, -0.25) is 14.2 Å². The van der Waals surface area contributed by atoms with Crippen LogP contribution in [0.1, 0.15) is 26.3 Å². The first kappa shape index (κ1) is 21.9. The first-order chi connectivity index (χ1) is 16.0. The van der Waals surface area contributed by atoms with Crippen LogP contribution < -0.4 is 10.9 Å². The monoisotopic (exact) mass is 449 g/mol. The highest BCUT2D eigenvalue weighted by molar-refractivity contribution is 5.96. The molecule has 1 N–H and O–H groups in total. The van der Waals surface area contributed by atoms with Crippen molar-refractivity contribution in [1.29, 1.82) is 0 Å². The predicted molar refractivity (Wildman–Crippen MR) is 117 cm³/mol. The number of amides is 1. The molecule has 4 aromatic rings. The van der Waals surface area contributed by atoms with Crippen LogP contribution in [0.3, 0.4) is 0 Å². The standard InChI is InChI=1S/C23H20FN5O4/c1-33-23(32)16-8-6-15(7-9-16)21(30)25-10-11-29-20-18(12-27-29)22(31)28(14-26-20)13-17-4-2-3-5-19(17)24/h2-9,12,14H,10-11,13H2,1H3,(H,25,30). The maximum Gasteiger partial charge on any atom is 0.337 e. The van der Waals surface area contributed by atoms with E-state index < -0.39 is 11.8 Å². The third-order valence-corrected chi connectivity index (χ3v) is 5.10. The molecule has 1 amide bonds. The first-order valence-electron chi connectivity index (χ1n) is 10.1. The van der Waals surface area contributed by atoms with Crippen LogP contribution in [0.4, 0.5) is 4.39 Å². The number of fused-ring (bicyclic) bond motifs is 1. The quantitative estimate of drug-likeness (QED) is 0.433. The molecule has 0 bridgehead atoms. The van der Waals surface area contributed by atoms with Gasteiger partial charge in [-0.1, -0.05) is 18.2 Å². The van der Waals surface area contributed by atoms with Crippen LogP contribution in [0.15, 0.2) is 65.8 Å². The number of benzene rings is 2. The highest BCUT2D eigenvalue weighted by Crippen LogP contribution is 2.10. The summed E-state index contributed by atoms with van der Waals surface area (Å²) in [7, 11) is 1.29. The van der Waals surface area contributed by atoms with E-state index in [9.17, 15) is 18.8 Å². The molecular formula is C23H20FN5O4. The van der Waals surface area contributed by atoms with Crippen molar-refractivity contribution in [3.8, 4) is 0 Å². The lowest BCUT2D eigenvalue weighted by molar-refractivity contribution is 0.0600. The minimum atomic E-state index is -0.479. The Bertz CT molecular complexity index is 1380. The molecule has 0 saturated heterocycles. The molecule has 4 rings (SSSR count). The Kier molecular flexibility index (Phi) is 6.25. The number of rotatable bonds is 7. The molecule has 0 saturated carbocycles. The Morgan fingerprint density at radius 1 is 1.09 bits per heavy atom. The van der Waals surface area contributed by atoms with E-state index in [4.69, 9.17) is 0 Å². The van der Waals surface area contributed by atoms with Crippen molar-refractivity contribution in [3.05, 3.63) is 93.9 Å². The molecule has 0 spiro atoms. The predicted octanol–water partition coefficient (Wildman–Crippen LogP) is 2.00. The summed E-state index contributed by atoms with van der Waals surface area (Å²) in [6, 6.07) is 12.3. The van der Waals surface area contributed by atoms with Crippen molar-refractivity contribution in [2.45, 2.75) is 13.1 Å². The fourth-order valence-electron chi connectivity index (χ4n) is 3.34. The van der Waals surface area contributed by atoms with E-state index >= 15 is 0 Å². The molecule has 0 unspecified atom stereocenters. The molecule has 0 fully saturated rings. The lowest BCUT2D eigenvalue weighted by Crippen LogP contribution is -2.28. The molecule has 10 heteroatoms. The van der Waals surface area contributed by atoms with Gasteiger partial charge in [0.1, 0.15) is 17.5 Å². The summed E-state index contributed by atoms with van der Waals surface area (Å²) in [5, 5.41) is 7.26. The molecule has 9 nitrogen and oxygen atoms in total. The second-order valence-corrected chi connectivity index (χ2v) is 7.20. The summed E-state index contributed by atoms with van der Waals surface area (Å²) in [6.45, 7) is 0.595. The lowest BCUT2D eigenvalue weighted by Gasteiger charge is -2.08. The van der Waals surface area contributed by atoms with Crippen molar-refractivity contribution < 1.29 is 18.7 Å². The van der Waals surface area contributed by atoms with E-state index in [1.54, 1.807) is 18.2 Å². The zero-order valence-electron chi connectivity index (χ0n) is 17.7. The second-order valence-electron chi connectivity index (χ2n) is 7.20. The average Bonchev–Trinajstić information content (AvgIpc) is 3.25. The van der Waals surface area contributed by atoms with E-state index in [0.717, 1.165) is 0 Å². The zero-order chi connectivity index (χ0) is 23.4. The van der Waals surface area contributed by atoms with Gasteiger partial charge in [-0.15, -0.1) is 0 Å². The zero-order valence-corrected chi connectivity index (χ0v) is 17.7. The Hall–Kier alpha value is -4.34. The van der Waals surface area contributed by atoms with Crippen LogP contribution in [-0.2, 0) is 17.8 Å². The third kappa shape index (κ3) is 4.64. The fraction of sp³-hybridized carbons (Fsp3) is 0.174. The second kappa shape index (κ2) is 9.43. The molecule has 33 heavy (non-hydrogen) atoms. The van der Waals surface area contributed by atoms with Crippen LogP contribution in [0.2, 0.25) is 0 Å². The number of methoxy groups -OCH3 is 1. The number of esters is 1. The molecule has 2 aromatic carbocycles. The topological polar surface area (TPSA) is 108 Å². The minimum absolute atomic E-state index is 0.0600. The first-order valence-corrected chi connectivity index (χ1v) is 10.1. The van der Waals surface area contributed by atoms with Crippen molar-refractivity contribution >= 4 is 22.9 Å². The summed E-state index contributed by atoms with van der Waals surface area (Å²) in [5.41, 5.74) is 1.17. The normalized spacial score (nSPS) is 10.8. The van der Waals surface area contributed by atoms with Crippen LogP contribution in [-0.4, -0.2) is 44.9 Å². The maximum absolute atomic E-state index is 13.9. The van der Waals surface area contributed by atoms with Gasteiger partial charge in [0, 0.05) is 17.7 Å². The van der Waals surface area contributed by atoms with Crippen LogP contribution in [0.25, 0.3) is 11.0 Å². The summed E-state index contributed by atoms with van der Waals surface area (Å²) in [5.74, 6) is -1.19. The summed E-state index contributed by atoms with van der Waals surface area (Å²) >= 11 is 0. The van der Waals surface area contributed by atoms with Gasteiger partial charge < -0.3 is 10.1 Å². The van der Waals surface area contributed by atoms with Gasteiger partial charge in [-0.05, 0) is 30.3 Å². The number of carbonyl (C=O) groups is 2. The lowest BCUT2D eigenvalue weighted by atomic mass is 10.1. The number of carbonyl (C=O) groups excluding carboxylic acids is 2. The third-order valence-electron chi connectivity index (χ3n) is 5.10. The van der Waals surface area contributed by atoms with E-state index in [0.29, 0.717) is 34.3 Å². The van der Waals surface area contributed by atoms with Gasteiger partial charge in [0.25, 0.3) is 11.5 Å². The van der Waals surface area contributed by atoms with E-state index in [-0.39, 0.29) is 24.6 Å². The Balaban J connectivity index is 1.42. The van der Waals surface area contributed by atoms with Crippen molar-refractivity contribution in [3.63, 3.8) is 0 Å². The van der Waals surface area contributed by atoms with Gasteiger partial charge in [-0.2, -0.15) is 5.10 Å². The molecule has 0 aliphatic rings. The number of halogens is 1. The van der Waals surface area contributed by atoms with Gasteiger partial charge in [0.05, 0.1) is 32.0 Å². The number of nitrogens with one attached hydrogen (secondary N) is 1. The van der Waals surface area contributed by atoms with Gasteiger partial charge >= 0.3 is 5.97 Å². The largest absolute Gasteiger partial charge is 0.465 e. The number of aromatic nitrogens is 4. The smallest absolute Gasteiger partial charge is 0.337 e. The molecule has 2 aromatic heterocycles. The summed E-state index contributed by atoms with van der Waals surface area (Å²) in [6.07, 6.45) is 2.77. The SMILES string of the molecule is COC(=O)c1ccc(C(=O)NCCn2ncc3c(=O)n(Cc4ccccc4F)cnc32)cc1. The number of nitrogens with zero attached hydrogens (tertiary/aromatic N) is 4. The van der Waals surface area contributed by atoms with Crippen molar-refractivity contribution in [1.82, 2.24) is 24.6 Å². The molecule has 168 valence electrons. The van der Waals surface area contributed by atoms with Gasteiger partial charge in [0.15, 0.2) is 5.65 Å². The highest BCUT2D eigenvalue weighted by atomic mass is 19.1. The Morgan fingerprint density at radius 2 is 1.82 bits per heavy atom. The number of hydrogen-bond donors (Lipinski definition) is 1. The van der Waals surface area contributed by atoms with Gasteiger partial charge in [-0.25, -0.2) is 18.9 Å². The molecule has 0 atom stereocenters. The average molecular weight is 449 g/mol. The summed E-state index contributed by atoms with van der Waals surface area (Å²) in [4.78, 5) is 40.9. The van der Waals surface area contributed by atoms with Gasteiger partial charge in [0.2, 0.25) is 0 Å². The molecule has 0 aliphatic carbocycles. The van der Waals surface area contributed by atoms with Crippen LogP contribution >= 0.6 is 0 Å². The molecule has 0 radical (unpaired) electrons. The number of hydrogen-bond acceptors (Lipinski definition) is 6. The van der Waals surface area contributed by atoms with Crippen molar-refractivity contribution in [2.75, 3.05) is 13.7 Å². The van der Waals surface area contributed by atoms with E-state index in [1.807, 2.05) is 0 Å². The molecule has 2 heterocycles. The molecule has 0 aliphatic heterocycles. The van der Waals surface area contributed by atoms with E-state index in [1.165, 1.54) is 59.2 Å². The minimum Gasteiger partial charge on any atom is -0.465 e. The Morgan fingerprint density at radius 3 is 2.55 bits per heavy atom. The maximum atomic E-state index is 13.9. The molecular weight excluding hydrogens is 429 g/mol. The highest BCUT2D eigenvalue weighted by Gasteiger charge is 2.13. The van der Waals surface area contributed by atoms with Crippen LogP contribution in [0.5, 0.6) is 0 Å². The van der Waals surface area contributed by atoms with Crippen LogP contribution in [0, 0.1) is 5.82 Å². The van der Waals surface area contributed by atoms with E-state index in [2.05, 4.69) is 20.1 Å². The fourth-order valence-corrected chi connectivity index (χ4v) is 3.34. The summed E-state index contributed by atoms with van der Waals surface area (Å²) < 4.78 is 21.4.